The zero-order valence-corrected chi connectivity index (χ0v) is 12.0. The van der Waals surface area contributed by atoms with Gasteiger partial charge in [0.15, 0.2) is 0 Å². The number of likely N-dealkylation sites (tertiary alicyclic amines) is 1. The molecule has 2 rings (SSSR count). The molecule has 2 unspecified atom stereocenters. The van der Waals surface area contributed by atoms with E-state index in [2.05, 4.69) is 12.1 Å². The summed E-state index contributed by atoms with van der Waals surface area (Å²) in [5.74, 6) is 1.52. The number of aromatic nitrogens is 1. The lowest BCUT2D eigenvalue weighted by molar-refractivity contribution is -0.134. The quantitative estimate of drug-likeness (QED) is 0.897. The van der Waals surface area contributed by atoms with Gasteiger partial charge in [0.2, 0.25) is 5.91 Å². The van der Waals surface area contributed by atoms with Crippen molar-refractivity contribution in [3.05, 3.63) is 17.0 Å². The van der Waals surface area contributed by atoms with Gasteiger partial charge in [0.05, 0.1) is 12.1 Å². The molecule has 1 amide bonds. The molecule has 2 heterocycles. The molecule has 0 bridgehead atoms. The highest BCUT2D eigenvalue weighted by Crippen LogP contribution is 2.23. The Morgan fingerprint density at radius 1 is 1.53 bits per heavy atom. The maximum atomic E-state index is 12.4. The molecule has 0 spiro atoms. The van der Waals surface area contributed by atoms with Gasteiger partial charge in [0, 0.05) is 24.7 Å². The van der Waals surface area contributed by atoms with Crippen LogP contribution in [0, 0.1) is 19.8 Å². The minimum Gasteiger partial charge on any atom is -0.361 e. The number of rotatable bonds is 3. The number of aryl methyl sites for hydroxylation is 2. The average Bonchev–Trinajstić information content (AvgIpc) is 2.70. The molecule has 106 valence electrons. The van der Waals surface area contributed by atoms with Gasteiger partial charge in [0.1, 0.15) is 5.76 Å². The Bertz CT molecular complexity index is 436. The molecule has 1 aliphatic rings. The van der Waals surface area contributed by atoms with Crippen molar-refractivity contribution in [3.63, 3.8) is 0 Å². The zero-order chi connectivity index (χ0) is 14.0. The predicted molar refractivity (Wildman–Crippen MR) is 72.6 cm³/mol. The first-order valence-electron chi connectivity index (χ1n) is 6.94. The summed E-state index contributed by atoms with van der Waals surface area (Å²) in [4.78, 5) is 14.4. The molecule has 0 aliphatic carbocycles. The van der Waals surface area contributed by atoms with Crippen LogP contribution >= 0.6 is 0 Å². The fourth-order valence-corrected chi connectivity index (χ4v) is 2.81. The molecule has 5 heteroatoms. The Morgan fingerprint density at radius 2 is 2.26 bits per heavy atom. The van der Waals surface area contributed by atoms with Gasteiger partial charge >= 0.3 is 0 Å². The van der Waals surface area contributed by atoms with Crippen molar-refractivity contribution in [3.8, 4) is 0 Å². The standard InChI is InChI=1S/C14H23N3O2/c1-9-4-5-17(12(6-9)8-15)14(18)7-13-10(2)16-19-11(13)3/h9,12H,4-8,15H2,1-3H3. The van der Waals surface area contributed by atoms with Crippen molar-refractivity contribution >= 4 is 5.91 Å². The Kier molecular flexibility index (Phi) is 4.24. The highest BCUT2D eigenvalue weighted by Gasteiger charge is 2.29. The second kappa shape index (κ2) is 5.74. The first-order chi connectivity index (χ1) is 9.02. The number of piperidine rings is 1. The van der Waals surface area contributed by atoms with Crippen molar-refractivity contribution < 1.29 is 9.32 Å². The van der Waals surface area contributed by atoms with E-state index in [1.807, 2.05) is 18.7 Å². The minimum atomic E-state index is 0.136. The molecular formula is C14H23N3O2. The largest absolute Gasteiger partial charge is 0.361 e. The lowest BCUT2D eigenvalue weighted by atomic mass is 9.92. The second-order valence-corrected chi connectivity index (χ2v) is 5.59. The van der Waals surface area contributed by atoms with Gasteiger partial charge in [-0.15, -0.1) is 0 Å². The maximum Gasteiger partial charge on any atom is 0.227 e. The van der Waals surface area contributed by atoms with Gasteiger partial charge < -0.3 is 15.2 Å². The van der Waals surface area contributed by atoms with Crippen LogP contribution in [0.5, 0.6) is 0 Å². The van der Waals surface area contributed by atoms with Crippen molar-refractivity contribution in [2.45, 2.75) is 46.1 Å². The van der Waals surface area contributed by atoms with Crippen LogP contribution in [0.3, 0.4) is 0 Å². The number of carbonyl (C=O) groups excluding carboxylic acids is 1. The number of carbonyl (C=O) groups is 1. The van der Waals surface area contributed by atoms with Crippen LogP contribution in [-0.2, 0) is 11.2 Å². The Hall–Kier alpha value is -1.36. The number of nitrogens with two attached hydrogens (primary N) is 1. The highest BCUT2D eigenvalue weighted by atomic mass is 16.5. The molecule has 0 saturated carbocycles. The van der Waals surface area contributed by atoms with Crippen LogP contribution in [0.4, 0.5) is 0 Å². The molecule has 1 aromatic heterocycles. The molecule has 2 N–H and O–H groups in total. The van der Waals surface area contributed by atoms with Crippen LogP contribution in [0.25, 0.3) is 0 Å². The maximum absolute atomic E-state index is 12.4. The van der Waals surface area contributed by atoms with Gasteiger partial charge in [0.25, 0.3) is 0 Å². The van der Waals surface area contributed by atoms with E-state index >= 15 is 0 Å². The third-order valence-electron chi connectivity index (χ3n) is 4.08. The van der Waals surface area contributed by atoms with E-state index in [4.69, 9.17) is 10.3 Å². The molecule has 1 aromatic rings. The van der Waals surface area contributed by atoms with Crippen molar-refractivity contribution in [1.29, 1.82) is 0 Å². The van der Waals surface area contributed by atoms with Gasteiger partial charge in [-0.2, -0.15) is 0 Å². The molecule has 0 radical (unpaired) electrons. The summed E-state index contributed by atoms with van der Waals surface area (Å²) in [6.07, 6.45) is 2.43. The molecule has 1 fully saturated rings. The van der Waals surface area contributed by atoms with Gasteiger partial charge in [-0.3, -0.25) is 4.79 Å². The summed E-state index contributed by atoms with van der Waals surface area (Å²) >= 11 is 0. The molecule has 5 nitrogen and oxygen atoms in total. The number of hydrogen-bond acceptors (Lipinski definition) is 4. The third-order valence-corrected chi connectivity index (χ3v) is 4.08. The van der Waals surface area contributed by atoms with Crippen molar-refractivity contribution in [2.75, 3.05) is 13.1 Å². The van der Waals surface area contributed by atoms with Crippen LogP contribution in [0.2, 0.25) is 0 Å². The first-order valence-corrected chi connectivity index (χ1v) is 6.94. The molecule has 0 aromatic carbocycles. The van der Waals surface area contributed by atoms with Gasteiger partial charge in [-0.05, 0) is 32.6 Å². The van der Waals surface area contributed by atoms with E-state index in [-0.39, 0.29) is 11.9 Å². The number of hydrogen-bond donors (Lipinski definition) is 1. The normalized spacial score (nSPS) is 23.7. The monoisotopic (exact) mass is 265 g/mol. The third kappa shape index (κ3) is 2.97. The molecular weight excluding hydrogens is 242 g/mol. The number of amides is 1. The van der Waals surface area contributed by atoms with Gasteiger partial charge in [-0.25, -0.2) is 0 Å². The van der Waals surface area contributed by atoms with E-state index < -0.39 is 0 Å². The van der Waals surface area contributed by atoms with Gasteiger partial charge in [-0.1, -0.05) is 12.1 Å². The first kappa shape index (κ1) is 14.1. The average molecular weight is 265 g/mol. The lowest BCUT2D eigenvalue weighted by Gasteiger charge is -2.38. The Morgan fingerprint density at radius 3 is 2.84 bits per heavy atom. The number of nitrogens with zero attached hydrogens (tertiary/aromatic N) is 2. The molecule has 1 saturated heterocycles. The Labute approximate surface area is 114 Å². The van der Waals surface area contributed by atoms with E-state index in [9.17, 15) is 4.79 Å². The van der Waals surface area contributed by atoms with Crippen molar-refractivity contribution in [2.24, 2.45) is 11.7 Å². The Balaban J connectivity index is 2.07. The summed E-state index contributed by atoms with van der Waals surface area (Å²) in [6, 6.07) is 0.178. The van der Waals surface area contributed by atoms with E-state index in [1.54, 1.807) is 0 Å². The van der Waals surface area contributed by atoms with E-state index in [0.29, 0.717) is 18.9 Å². The van der Waals surface area contributed by atoms with Crippen molar-refractivity contribution in [1.82, 2.24) is 10.1 Å². The lowest BCUT2D eigenvalue weighted by Crippen LogP contribution is -2.49. The molecule has 19 heavy (non-hydrogen) atoms. The summed E-state index contributed by atoms with van der Waals surface area (Å²) in [7, 11) is 0. The molecule has 2 atom stereocenters. The SMILES string of the molecule is Cc1noc(C)c1CC(=O)N1CCC(C)CC1CN. The zero-order valence-electron chi connectivity index (χ0n) is 12.0. The summed E-state index contributed by atoms with van der Waals surface area (Å²) in [6.45, 7) is 7.29. The summed E-state index contributed by atoms with van der Waals surface area (Å²) in [5.41, 5.74) is 7.52. The fraction of sp³-hybridized carbons (Fsp3) is 0.714. The smallest absolute Gasteiger partial charge is 0.227 e. The van der Waals surface area contributed by atoms with Crippen LogP contribution in [-0.4, -0.2) is 35.1 Å². The fourth-order valence-electron chi connectivity index (χ4n) is 2.81. The molecule has 1 aliphatic heterocycles. The minimum absolute atomic E-state index is 0.136. The summed E-state index contributed by atoms with van der Waals surface area (Å²) < 4.78 is 5.11. The summed E-state index contributed by atoms with van der Waals surface area (Å²) in [5, 5.41) is 3.90. The second-order valence-electron chi connectivity index (χ2n) is 5.59. The van der Waals surface area contributed by atoms with E-state index in [1.165, 1.54) is 0 Å². The van der Waals surface area contributed by atoms with Crippen LogP contribution < -0.4 is 5.73 Å². The topological polar surface area (TPSA) is 72.4 Å². The van der Waals surface area contributed by atoms with E-state index in [0.717, 1.165) is 36.4 Å². The predicted octanol–water partition coefficient (Wildman–Crippen LogP) is 1.42. The van der Waals surface area contributed by atoms with Crippen LogP contribution in [0.15, 0.2) is 4.52 Å². The van der Waals surface area contributed by atoms with Crippen LogP contribution in [0.1, 0.15) is 36.8 Å². The highest BCUT2D eigenvalue weighted by molar-refractivity contribution is 5.79.